The van der Waals surface area contributed by atoms with Crippen LogP contribution < -0.4 is 4.72 Å². The Morgan fingerprint density at radius 3 is 2.43 bits per heavy atom. The molecule has 5 nitrogen and oxygen atoms in total. The molecular weight excluding hydrogens is 290 g/mol. The molecule has 0 heterocycles. The molecule has 1 aromatic carbocycles. The lowest BCUT2D eigenvalue weighted by Crippen LogP contribution is -2.32. The Bertz CT molecular complexity index is 552. The third-order valence-corrected chi connectivity index (χ3v) is 4.76. The molecule has 0 amide bonds. The van der Waals surface area contributed by atoms with Gasteiger partial charge in [0.1, 0.15) is 0 Å². The summed E-state index contributed by atoms with van der Waals surface area (Å²) in [6.07, 6.45) is 2.98. The molecule has 6 heteroatoms. The number of ether oxygens (including phenoxy) is 1. The first-order valence-corrected chi connectivity index (χ1v) is 8.55. The molecule has 0 aliphatic carbocycles. The number of hydrogen-bond acceptors (Lipinski definition) is 4. The van der Waals surface area contributed by atoms with E-state index in [-0.39, 0.29) is 23.3 Å². The Kier molecular flexibility index (Phi) is 6.84. The Morgan fingerprint density at radius 2 is 1.90 bits per heavy atom. The number of unbranched alkanes of at least 4 members (excludes halogenated alkanes) is 1. The molecular formula is C15H23NO4S. The number of benzene rings is 1. The van der Waals surface area contributed by atoms with Gasteiger partial charge in [-0.15, -0.1) is 0 Å². The molecule has 118 valence electrons. The van der Waals surface area contributed by atoms with Crippen LogP contribution in [0.2, 0.25) is 0 Å². The van der Waals surface area contributed by atoms with E-state index in [9.17, 15) is 13.2 Å². The monoisotopic (exact) mass is 313 g/mol. The topological polar surface area (TPSA) is 72.5 Å². The summed E-state index contributed by atoms with van der Waals surface area (Å²) in [5.41, 5.74) is 0.722. The van der Waals surface area contributed by atoms with Crippen LogP contribution in [0.5, 0.6) is 0 Å². The SMILES string of the molecule is CCCCC(C)NS(=O)(=O)c1ccc(CC(=O)OC)cc1. The molecule has 1 atom stereocenters. The fraction of sp³-hybridized carbons (Fsp3) is 0.533. The fourth-order valence-corrected chi connectivity index (χ4v) is 3.21. The number of nitrogens with one attached hydrogen (secondary N) is 1. The molecule has 0 aromatic heterocycles. The first kappa shape index (κ1) is 17.7. The summed E-state index contributed by atoms with van der Waals surface area (Å²) < 4.78 is 31.6. The smallest absolute Gasteiger partial charge is 0.309 e. The van der Waals surface area contributed by atoms with Crippen LogP contribution in [0.25, 0.3) is 0 Å². The predicted molar refractivity (Wildman–Crippen MR) is 81.5 cm³/mol. The zero-order valence-corrected chi connectivity index (χ0v) is 13.6. The van der Waals surface area contributed by atoms with Crippen molar-refractivity contribution in [2.24, 2.45) is 0 Å². The summed E-state index contributed by atoms with van der Waals surface area (Å²) in [5.74, 6) is -0.350. The van der Waals surface area contributed by atoms with Gasteiger partial charge in [-0.05, 0) is 31.0 Å². The van der Waals surface area contributed by atoms with E-state index < -0.39 is 10.0 Å². The summed E-state index contributed by atoms with van der Waals surface area (Å²) in [5, 5.41) is 0. The second-order valence-electron chi connectivity index (χ2n) is 5.06. The van der Waals surface area contributed by atoms with E-state index >= 15 is 0 Å². The lowest BCUT2D eigenvalue weighted by Gasteiger charge is -2.14. The third kappa shape index (κ3) is 5.85. The van der Waals surface area contributed by atoms with E-state index in [0.29, 0.717) is 0 Å². The number of methoxy groups -OCH3 is 1. The zero-order chi connectivity index (χ0) is 15.9. The predicted octanol–water partition coefficient (Wildman–Crippen LogP) is 2.26. The van der Waals surface area contributed by atoms with Crippen molar-refractivity contribution in [3.63, 3.8) is 0 Å². The van der Waals surface area contributed by atoms with E-state index in [1.165, 1.54) is 19.2 Å². The van der Waals surface area contributed by atoms with E-state index in [1.54, 1.807) is 12.1 Å². The lowest BCUT2D eigenvalue weighted by atomic mass is 10.2. The van der Waals surface area contributed by atoms with Gasteiger partial charge < -0.3 is 4.74 Å². The maximum atomic E-state index is 12.2. The molecule has 1 unspecified atom stereocenters. The van der Waals surface area contributed by atoms with E-state index in [2.05, 4.69) is 16.4 Å². The van der Waals surface area contributed by atoms with Crippen molar-refractivity contribution in [1.82, 2.24) is 4.72 Å². The maximum absolute atomic E-state index is 12.2. The summed E-state index contributed by atoms with van der Waals surface area (Å²) in [4.78, 5) is 11.4. The highest BCUT2D eigenvalue weighted by Crippen LogP contribution is 2.13. The highest BCUT2D eigenvalue weighted by Gasteiger charge is 2.17. The van der Waals surface area contributed by atoms with Gasteiger partial charge in [-0.2, -0.15) is 0 Å². The first-order valence-electron chi connectivity index (χ1n) is 7.07. The van der Waals surface area contributed by atoms with Gasteiger partial charge in [0.05, 0.1) is 18.4 Å². The molecule has 0 aliphatic heterocycles. The van der Waals surface area contributed by atoms with Gasteiger partial charge in [-0.1, -0.05) is 31.9 Å². The van der Waals surface area contributed by atoms with Crippen molar-refractivity contribution in [2.45, 2.75) is 50.5 Å². The number of rotatable bonds is 8. The largest absolute Gasteiger partial charge is 0.469 e. The van der Waals surface area contributed by atoms with E-state index in [4.69, 9.17) is 0 Å². The summed E-state index contributed by atoms with van der Waals surface area (Å²) >= 11 is 0. The Hall–Kier alpha value is -1.40. The second-order valence-corrected chi connectivity index (χ2v) is 6.78. The summed E-state index contributed by atoms with van der Waals surface area (Å²) in [6.45, 7) is 3.93. The van der Waals surface area contributed by atoms with Gasteiger partial charge in [0.15, 0.2) is 0 Å². The molecule has 1 rings (SSSR count). The summed E-state index contributed by atoms with van der Waals surface area (Å²) in [6, 6.07) is 6.18. The van der Waals surface area contributed by atoms with Crippen molar-refractivity contribution in [2.75, 3.05) is 7.11 Å². The van der Waals surface area contributed by atoms with E-state index in [0.717, 1.165) is 24.8 Å². The number of sulfonamides is 1. The zero-order valence-electron chi connectivity index (χ0n) is 12.8. The van der Waals surface area contributed by atoms with Crippen molar-refractivity contribution in [3.05, 3.63) is 29.8 Å². The van der Waals surface area contributed by atoms with Crippen molar-refractivity contribution >= 4 is 16.0 Å². The second kappa shape index (κ2) is 8.14. The number of carbonyl (C=O) groups is 1. The highest BCUT2D eigenvalue weighted by atomic mass is 32.2. The van der Waals surface area contributed by atoms with Gasteiger partial charge in [0.2, 0.25) is 10.0 Å². The minimum atomic E-state index is -3.51. The quantitative estimate of drug-likeness (QED) is 0.747. The highest BCUT2D eigenvalue weighted by molar-refractivity contribution is 7.89. The van der Waals surface area contributed by atoms with Gasteiger partial charge in [-0.25, -0.2) is 13.1 Å². The molecule has 0 saturated heterocycles. The lowest BCUT2D eigenvalue weighted by molar-refractivity contribution is -0.139. The van der Waals surface area contributed by atoms with Crippen LogP contribution in [0.3, 0.4) is 0 Å². The average Bonchev–Trinajstić information content (AvgIpc) is 2.45. The van der Waals surface area contributed by atoms with Gasteiger partial charge in [0.25, 0.3) is 0 Å². The van der Waals surface area contributed by atoms with Gasteiger partial charge in [-0.3, -0.25) is 4.79 Å². The van der Waals surface area contributed by atoms with Crippen LogP contribution in [0.1, 0.15) is 38.7 Å². The molecule has 0 bridgehead atoms. The van der Waals surface area contributed by atoms with E-state index in [1.807, 2.05) is 6.92 Å². The normalized spacial score (nSPS) is 12.9. The standard InChI is InChI=1S/C15H23NO4S/c1-4-5-6-12(2)16-21(18,19)14-9-7-13(8-10-14)11-15(17)20-3/h7-10,12,16H,4-6,11H2,1-3H3. The third-order valence-electron chi connectivity index (χ3n) is 3.16. The first-order chi connectivity index (χ1) is 9.89. The molecule has 0 saturated carbocycles. The van der Waals surface area contributed by atoms with Gasteiger partial charge in [0, 0.05) is 6.04 Å². The number of hydrogen-bond donors (Lipinski definition) is 1. The molecule has 21 heavy (non-hydrogen) atoms. The summed E-state index contributed by atoms with van der Waals surface area (Å²) in [7, 11) is -2.18. The van der Waals surface area contributed by atoms with Crippen LogP contribution in [-0.2, 0) is 26.0 Å². The molecule has 0 fully saturated rings. The van der Waals surface area contributed by atoms with Crippen LogP contribution in [0.15, 0.2) is 29.2 Å². The number of carbonyl (C=O) groups excluding carboxylic acids is 1. The number of esters is 1. The van der Waals surface area contributed by atoms with Crippen LogP contribution in [0.4, 0.5) is 0 Å². The average molecular weight is 313 g/mol. The molecule has 1 N–H and O–H groups in total. The van der Waals surface area contributed by atoms with Crippen LogP contribution in [-0.4, -0.2) is 27.5 Å². The van der Waals surface area contributed by atoms with Crippen molar-refractivity contribution in [3.8, 4) is 0 Å². The Morgan fingerprint density at radius 1 is 1.29 bits per heavy atom. The van der Waals surface area contributed by atoms with Crippen molar-refractivity contribution < 1.29 is 17.9 Å². The maximum Gasteiger partial charge on any atom is 0.309 e. The fourth-order valence-electron chi connectivity index (χ4n) is 1.93. The molecule has 0 radical (unpaired) electrons. The van der Waals surface area contributed by atoms with Crippen LogP contribution in [0, 0.1) is 0 Å². The Balaban J connectivity index is 2.73. The minimum Gasteiger partial charge on any atom is -0.469 e. The van der Waals surface area contributed by atoms with Crippen LogP contribution >= 0.6 is 0 Å². The molecule has 0 aliphatic rings. The molecule has 1 aromatic rings. The molecule has 0 spiro atoms. The van der Waals surface area contributed by atoms with Crippen molar-refractivity contribution in [1.29, 1.82) is 0 Å². The van der Waals surface area contributed by atoms with Gasteiger partial charge >= 0.3 is 5.97 Å². The Labute approximate surface area is 126 Å². The minimum absolute atomic E-state index is 0.0929.